The molecular formula is C3H7BrFNO2S. The van der Waals surface area contributed by atoms with Crippen molar-refractivity contribution in [3.05, 3.63) is 0 Å². The summed E-state index contributed by atoms with van der Waals surface area (Å²) in [4.78, 5) is 0. The van der Waals surface area contributed by atoms with Gasteiger partial charge < -0.3 is 4.55 Å². The lowest BCUT2D eigenvalue weighted by Crippen LogP contribution is -2.27. The van der Waals surface area contributed by atoms with E-state index in [1.165, 1.54) is 6.92 Å². The summed E-state index contributed by atoms with van der Waals surface area (Å²) in [5.74, 6) is 0. The molecule has 0 saturated carbocycles. The molecule has 9 heavy (non-hydrogen) atoms. The van der Waals surface area contributed by atoms with Crippen LogP contribution in [0.15, 0.2) is 0 Å². The van der Waals surface area contributed by atoms with Crippen LogP contribution < -0.4 is 0 Å². The minimum atomic E-state index is -2.12. The van der Waals surface area contributed by atoms with Crippen molar-refractivity contribution in [2.45, 2.75) is 12.3 Å². The Balaban J connectivity index is 3.72. The highest BCUT2D eigenvalue weighted by Gasteiger charge is 2.16. The van der Waals surface area contributed by atoms with Crippen molar-refractivity contribution >= 4 is 27.0 Å². The van der Waals surface area contributed by atoms with Crippen LogP contribution in [0.3, 0.4) is 0 Å². The van der Waals surface area contributed by atoms with Gasteiger partial charge in [0.05, 0.1) is 5.45 Å². The lowest BCUT2D eigenvalue weighted by Gasteiger charge is -2.12. The van der Waals surface area contributed by atoms with E-state index >= 15 is 0 Å². The van der Waals surface area contributed by atoms with E-state index in [4.69, 9.17) is 4.55 Å². The van der Waals surface area contributed by atoms with Gasteiger partial charge in [-0.05, 0) is 6.92 Å². The van der Waals surface area contributed by atoms with Crippen LogP contribution in [-0.2, 0) is 11.1 Å². The SMILES string of the molecule is CC(N(F)CBr)S(=O)O. The van der Waals surface area contributed by atoms with Gasteiger partial charge in [0.2, 0.25) is 0 Å². The zero-order valence-electron chi connectivity index (χ0n) is 4.75. The van der Waals surface area contributed by atoms with E-state index in [-0.39, 0.29) is 10.6 Å². The zero-order chi connectivity index (χ0) is 7.44. The first-order valence-electron chi connectivity index (χ1n) is 2.17. The topological polar surface area (TPSA) is 40.5 Å². The Morgan fingerprint density at radius 2 is 2.44 bits per heavy atom. The van der Waals surface area contributed by atoms with Crippen LogP contribution in [-0.4, -0.2) is 24.7 Å². The van der Waals surface area contributed by atoms with Crippen molar-refractivity contribution in [3.8, 4) is 0 Å². The fourth-order valence-electron chi connectivity index (χ4n) is 0.195. The fraction of sp³-hybridized carbons (Fsp3) is 1.00. The molecule has 6 heteroatoms. The molecule has 0 spiro atoms. The fourth-order valence-corrected chi connectivity index (χ4v) is 1.09. The number of hydrogen-bond donors (Lipinski definition) is 1. The van der Waals surface area contributed by atoms with Gasteiger partial charge in [-0.2, -0.15) is 0 Å². The number of alkyl halides is 1. The summed E-state index contributed by atoms with van der Waals surface area (Å²) >= 11 is 0.670. The summed E-state index contributed by atoms with van der Waals surface area (Å²) in [5, 5.41) is -0.736. The standard InChI is InChI=1S/C3H7BrFNO2S/c1-3(9(7)8)6(5)2-4/h3H,2H2,1H3,(H,7,8). The van der Waals surface area contributed by atoms with Crippen LogP contribution in [0.5, 0.6) is 0 Å². The molecule has 0 amide bonds. The van der Waals surface area contributed by atoms with Gasteiger partial charge in [-0.3, -0.25) is 0 Å². The molecule has 0 heterocycles. The molecule has 3 nitrogen and oxygen atoms in total. The Kier molecular flexibility index (Phi) is 4.55. The molecule has 0 aromatic rings. The molecule has 1 N–H and O–H groups in total. The Hall–Kier alpha value is 0.480. The number of hydrogen-bond acceptors (Lipinski definition) is 2. The van der Waals surface area contributed by atoms with E-state index in [9.17, 15) is 8.69 Å². The molecule has 56 valence electrons. The first-order chi connectivity index (χ1) is 4.09. The summed E-state index contributed by atoms with van der Waals surface area (Å²) < 4.78 is 30.6. The van der Waals surface area contributed by atoms with Crippen molar-refractivity contribution in [3.63, 3.8) is 0 Å². The molecule has 2 atom stereocenters. The predicted molar refractivity (Wildman–Crippen MR) is 37.0 cm³/mol. The Labute approximate surface area is 63.6 Å². The monoisotopic (exact) mass is 219 g/mol. The van der Waals surface area contributed by atoms with Gasteiger partial charge in [-0.15, -0.1) is 9.60 Å². The maximum Gasteiger partial charge on any atom is 0.173 e. The van der Waals surface area contributed by atoms with Gasteiger partial charge in [-0.25, -0.2) is 4.21 Å². The van der Waals surface area contributed by atoms with Crippen molar-refractivity contribution < 1.29 is 13.2 Å². The molecule has 0 bridgehead atoms. The van der Waals surface area contributed by atoms with E-state index < -0.39 is 16.5 Å². The summed E-state index contributed by atoms with van der Waals surface area (Å²) in [6, 6.07) is 0. The first kappa shape index (κ1) is 9.48. The lowest BCUT2D eigenvalue weighted by atomic mass is 10.7. The zero-order valence-corrected chi connectivity index (χ0v) is 7.15. The van der Waals surface area contributed by atoms with Crippen LogP contribution in [0.25, 0.3) is 0 Å². The molecule has 0 aliphatic carbocycles. The van der Waals surface area contributed by atoms with Crippen LogP contribution >= 0.6 is 15.9 Å². The number of rotatable bonds is 3. The summed E-state index contributed by atoms with van der Waals surface area (Å²) in [6.07, 6.45) is 0. The molecular weight excluding hydrogens is 213 g/mol. The third-order valence-corrected chi connectivity index (χ3v) is 2.09. The third kappa shape index (κ3) is 3.24. The summed E-state index contributed by atoms with van der Waals surface area (Å²) in [7, 11) is 0. The van der Waals surface area contributed by atoms with Gasteiger partial charge in [0.25, 0.3) is 0 Å². The molecule has 0 aliphatic heterocycles. The van der Waals surface area contributed by atoms with E-state index in [1.54, 1.807) is 0 Å². The smallest absolute Gasteiger partial charge is 0.173 e. The van der Waals surface area contributed by atoms with Crippen molar-refractivity contribution in [2.75, 3.05) is 5.45 Å². The van der Waals surface area contributed by atoms with Gasteiger partial charge in [-0.1, -0.05) is 15.9 Å². The highest BCUT2D eigenvalue weighted by molar-refractivity contribution is 9.09. The van der Waals surface area contributed by atoms with Crippen molar-refractivity contribution in [1.82, 2.24) is 5.12 Å². The molecule has 0 aliphatic rings. The van der Waals surface area contributed by atoms with E-state index in [0.29, 0.717) is 0 Å². The second kappa shape index (κ2) is 4.32. The molecule has 0 rings (SSSR count). The Morgan fingerprint density at radius 3 is 2.56 bits per heavy atom. The minimum absolute atomic E-state index is 0.0551. The Morgan fingerprint density at radius 1 is 2.00 bits per heavy atom. The van der Waals surface area contributed by atoms with Gasteiger partial charge >= 0.3 is 0 Å². The third-order valence-electron chi connectivity index (χ3n) is 0.801. The summed E-state index contributed by atoms with van der Waals surface area (Å²) in [6.45, 7) is 1.32. The van der Waals surface area contributed by atoms with Gasteiger partial charge in [0.15, 0.2) is 11.1 Å². The second-order valence-corrected chi connectivity index (χ2v) is 3.13. The maximum atomic E-state index is 12.2. The largest absolute Gasteiger partial charge is 0.305 e. The van der Waals surface area contributed by atoms with Crippen LogP contribution in [0.1, 0.15) is 6.92 Å². The molecule has 0 aromatic carbocycles. The highest BCUT2D eigenvalue weighted by atomic mass is 79.9. The highest BCUT2D eigenvalue weighted by Crippen LogP contribution is 2.04. The second-order valence-electron chi connectivity index (χ2n) is 1.39. The minimum Gasteiger partial charge on any atom is -0.305 e. The average Bonchev–Trinajstić information content (AvgIpc) is 1.84. The predicted octanol–water partition coefficient (Wildman–Crippen LogP) is 1.09. The quantitative estimate of drug-likeness (QED) is 0.335. The van der Waals surface area contributed by atoms with Crippen molar-refractivity contribution in [2.24, 2.45) is 0 Å². The van der Waals surface area contributed by atoms with E-state index in [1.807, 2.05) is 0 Å². The van der Waals surface area contributed by atoms with E-state index in [0.717, 1.165) is 0 Å². The van der Waals surface area contributed by atoms with Crippen LogP contribution in [0.2, 0.25) is 0 Å². The molecule has 0 aromatic heterocycles. The summed E-state index contributed by atoms with van der Waals surface area (Å²) in [5.41, 5.74) is -0.0551. The average molecular weight is 220 g/mol. The van der Waals surface area contributed by atoms with Crippen LogP contribution in [0.4, 0.5) is 4.48 Å². The number of nitrogens with zero attached hydrogens (tertiary/aromatic N) is 1. The van der Waals surface area contributed by atoms with Crippen LogP contribution in [0, 0.1) is 0 Å². The number of halogens is 2. The van der Waals surface area contributed by atoms with Crippen molar-refractivity contribution in [1.29, 1.82) is 0 Å². The maximum absolute atomic E-state index is 12.2. The molecule has 2 unspecified atom stereocenters. The molecule has 0 radical (unpaired) electrons. The first-order valence-corrected chi connectivity index (χ1v) is 4.46. The normalized spacial score (nSPS) is 17.9. The lowest BCUT2D eigenvalue weighted by molar-refractivity contribution is 0.0416. The molecule has 0 saturated heterocycles. The molecule has 0 fully saturated rings. The van der Waals surface area contributed by atoms with E-state index in [2.05, 4.69) is 15.9 Å². The Bertz CT molecular complexity index is 114. The van der Waals surface area contributed by atoms with Gasteiger partial charge in [0.1, 0.15) is 5.37 Å². The van der Waals surface area contributed by atoms with Gasteiger partial charge in [0, 0.05) is 0 Å².